The van der Waals surface area contributed by atoms with Gasteiger partial charge in [-0.25, -0.2) is 15.0 Å². The first kappa shape index (κ1) is 17.9. The van der Waals surface area contributed by atoms with Gasteiger partial charge in [0.25, 0.3) is 0 Å². The van der Waals surface area contributed by atoms with Crippen LogP contribution in [-0.4, -0.2) is 41.3 Å². The second-order valence-corrected chi connectivity index (χ2v) is 8.17. The van der Waals surface area contributed by atoms with Crippen molar-refractivity contribution >= 4 is 50.8 Å². The number of ether oxygens (including phenoxy) is 1. The molecule has 4 rings (SSSR count). The summed E-state index contributed by atoms with van der Waals surface area (Å²) in [6, 6.07) is 5.87. The van der Waals surface area contributed by atoms with Gasteiger partial charge in [0, 0.05) is 30.1 Å². The number of fused-ring (bicyclic) bond motifs is 1. The molecule has 3 aromatic rings. The number of aromatic nitrogens is 3. The molecule has 0 spiro atoms. The van der Waals surface area contributed by atoms with E-state index < -0.39 is 0 Å². The van der Waals surface area contributed by atoms with Gasteiger partial charge in [-0.05, 0) is 30.5 Å². The Morgan fingerprint density at radius 3 is 2.85 bits per heavy atom. The number of rotatable bonds is 5. The number of benzene rings is 1. The van der Waals surface area contributed by atoms with E-state index in [0.29, 0.717) is 29.1 Å². The minimum Gasteiger partial charge on any atom is -0.383 e. The molecule has 0 saturated carbocycles. The molecule has 1 aliphatic rings. The number of methoxy groups -OCH3 is 1. The summed E-state index contributed by atoms with van der Waals surface area (Å²) >= 11 is 14.1. The van der Waals surface area contributed by atoms with Gasteiger partial charge < -0.3 is 9.64 Å². The molecular weight excluding hydrogens is 391 g/mol. The Kier molecular flexibility index (Phi) is 5.27. The summed E-state index contributed by atoms with van der Waals surface area (Å²) < 4.78 is 5.33. The minimum absolute atomic E-state index is 0.340. The summed E-state index contributed by atoms with van der Waals surface area (Å²) in [6.07, 6.45) is 4.63. The van der Waals surface area contributed by atoms with Gasteiger partial charge in [-0.1, -0.05) is 40.6 Å². The molecule has 1 fully saturated rings. The van der Waals surface area contributed by atoms with Crippen LogP contribution in [0.5, 0.6) is 0 Å². The molecule has 0 amide bonds. The van der Waals surface area contributed by atoms with Gasteiger partial charge in [-0.15, -0.1) is 0 Å². The molecule has 1 unspecified atom stereocenters. The Hall–Kier alpha value is -1.47. The Labute approximate surface area is 165 Å². The average Bonchev–Trinajstić information content (AvgIpc) is 3.24. The molecule has 0 bridgehead atoms. The molecule has 0 N–H and O–H groups in total. The quantitative estimate of drug-likeness (QED) is 0.617. The van der Waals surface area contributed by atoms with Gasteiger partial charge in [0.05, 0.1) is 23.9 Å². The first-order chi connectivity index (χ1) is 12.7. The summed E-state index contributed by atoms with van der Waals surface area (Å²) in [5.41, 5.74) is 1.70. The zero-order valence-electron chi connectivity index (χ0n) is 14.3. The number of thiazole rings is 1. The van der Waals surface area contributed by atoms with Crippen molar-refractivity contribution in [1.29, 1.82) is 0 Å². The molecule has 8 heteroatoms. The lowest BCUT2D eigenvalue weighted by molar-refractivity contribution is 0.180. The number of halogens is 2. The van der Waals surface area contributed by atoms with E-state index >= 15 is 0 Å². The Balaban J connectivity index is 1.62. The Morgan fingerprint density at radius 1 is 1.27 bits per heavy atom. The van der Waals surface area contributed by atoms with Crippen molar-refractivity contribution in [2.45, 2.75) is 25.3 Å². The molecule has 0 aliphatic carbocycles. The van der Waals surface area contributed by atoms with Crippen LogP contribution in [0.4, 0.5) is 5.95 Å². The molecule has 3 heterocycles. The summed E-state index contributed by atoms with van der Waals surface area (Å²) in [5, 5.41) is 2.24. The fraction of sp³-hybridized carbons (Fsp3) is 0.389. The zero-order valence-corrected chi connectivity index (χ0v) is 16.6. The standard InChI is InChI=1S/C18H18Cl2N4OS/c1-25-10-11-4-3-7-24(11)18-21-9-15-17(23-18)26-16(22-15)8-12-13(19)5-2-6-14(12)20/h2,5-6,9,11H,3-4,7-8,10H2,1H3. The van der Waals surface area contributed by atoms with E-state index in [1.165, 1.54) is 0 Å². The van der Waals surface area contributed by atoms with Gasteiger partial charge in [-0.2, -0.15) is 0 Å². The number of anilines is 1. The van der Waals surface area contributed by atoms with Crippen molar-refractivity contribution in [3.8, 4) is 0 Å². The van der Waals surface area contributed by atoms with Crippen LogP contribution in [0.1, 0.15) is 23.4 Å². The number of hydrogen-bond donors (Lipinski definition) is 0. The van der Waals surface area contributed by atoms with Crippen LogP contribution in [0.3, 0.4) is 0 Å². The molecule has 1 atom stereocenters. The van der Waals surface area contributed by atoms with E-state index in [9.17, 15) is 0 Å². The smallest absolute Gasteiger partial charge is 0.227 e. The number of hydrogen-bond acceptors (Lipinski definition) is 6. The molecule has 0 radical (unpaired) electrons. The highest BCUT2D eigenvalue weighted by atomic mass is 35.5. The second-order valence-electron chi connectivity index (χ2n) is 6.29. The van der Waals surface area contributed by atoms with Gasteiger partial charge in [0.15, 0.2) is 0 Å². The normalized spacial score (nSPS) is 17.3. The fourth-order valence-corrected chi connectivity index (χ4v) is 4.75. The van der Waals surface area contributed by atoms with E-state index in [1.807, 2.05) is 18.2 Å². The predicted octanol–water partition coefficient (Wildman–Crippen LogP) is 4.60. The average molecular weight is 409 g/mol. The maximum absolute atomic E-state index is 6.28. The van der Waals surface area contributed by atoms with Gasteiger partial charge >= 0.3 is 0 Å². The third-order valence-corrected chi connectivity index (χ3v) is 6.24. The molecular formula is C18H18Cl2N4OS. The third-order valence-electron chi connectivity index (χ3n) is 4.57. The molecule has 5 nitrogen and oxygen atoms in total. The lowest BCUT2D eigenvalue weighted by Crippen LogP contribution is -2.34. The summed E-state index contributed by atoms with van der Waals surface area (Å²) in [4.78, 5) is 17.0. The van der Waals surface area contributed by atoms with Crippen molar-refractivity contribution in [3.63, 3.8) is 0 Å². The van der Waals surface area contributed by atoms with Crippen molar-refractivity contribution < 1.29 is 4.74 Å². The van der Waals surface area contributed by atoms with Gasteiger partial charge in [0.2, 0.25) is 5.95 Å². The Morgan fingerprint density at radius 2 is 2.08 bits per heavy atom. The maximum Gasteiger partial charge on any atom is 0.227 e. The first-order valence-electron chi connectivity index (χ1n) is 8.46. The van der Waals surface area contributed by atoms with E-state index in [4.69, 9.17) is 32.9 Å². The van der Waals surface area contributed by atoms with Crippen LogP contribution >= 0.6 is 34.5 Å². The van der Waals surface area contributed by atoms with Crippen LogP contribution in [0, 0.1) is 0 Å². The molecule has 136 valence electrons. The van der Waals surface area contributed by atoms with Gasteiger partial charge in [-0.3, -0.25) is 0 Å². The monoisotopic (exact) mass is 408 g/mol. The van der Waals surface area contributed by atoms with Crippen LogP contribution in [-0.2, 0) is 11.2 Å². The van der Waals surface area contributed by atoms with Crippen LogP contribution in [0.15, 0.2) is 24.4 Å². The van der Waals surface area contributed by atoms with Gasteiger partial charge in [0.1, 0.15) is 10.3 Å². The SMILES string of the molecule is COCC1CCCN1c1ncc2nc(Cc3c(Cl)cccc3Cl)sc2n1. The first-order valence-corrected chi connectivity index (χ1v) is 10.0. The van der Waals surface area contributed by atoms with E-state index in [-0.39, 0.29) is 0 Å². The highest BCUT2D eigenvalue weighted by molar-refractivity contribution is 7.18. The maximum atomic E-state index is 6.28. The van der Waals surface area contributed by atoms with Crippen molar-refractivity contribution in [2.75, 3.05) is 25.2 Å². The highest BCUT2D eigenvalue weighted by Gasteiger charge is 2.27. The molecule has 26 heavy (non-hydrogen) atoms. The lowest BCUT2D eigenvalue weighted by Gasteiger charge is -2.23. The third kappa shape index (κ3) is 3.51. The summed E-state index contributed by atoms with van der Waals surface area (Å²) in [5.74, 6) is 0.753. The molecule has 1 aliphatic heterocycles. The van der Waals surface area contributed by atoms with Crippen LogP contribution < -0.4 is 4.90 Å². The zero-order chi connectivity index (χ0) is 18.1. The molecule has 2 aromatic heterocycles. The largest absolute Gasteiger partial charge is 0.383 e. The van der Waals surface area contributed by atoms with Crippen LogP contribution in [0.25, 0.3) is 10.3 Å². The van der Waals surface area contributed by atoms with Crippen molar-refractivity contribution in [1.82, 2.24) is 15.0 Å². The Bertz CT molecular complexity index is 912. The van der Waals surface area contributed by atoms with E-state index in [0.717, 1.165) is 46.3 Å². The molecule has 1 aromatic carbocycles. The predicted molar refractivity (Wildman–Crippen MR) is 107 cm³/mol. The topological polar surface area (TPSA) is 51.1 Å². The van der Waals surface area contributed by atoms with E-state index in [1.54, 1.807) is 24.6 Å². The lowest BCUT2D eigenvalue weighted by atomic mass is 10.1. The number of nitrogens with zero attached hydrogens (tertiary/aromatic N) is 4. The molecule has 1 saturated heterocycles. The minimum atomic E-state index is 0.340. The van der Waals surface area contributed by atoms with Crippen molar-refractivity contribution in [3.05, 3.63) is 45.0 Å². The summed E-state index contributed by atoms with van der Waals surface area (Å²) in [7, 11) is 1.73. The van der Waals surface area contributed by atoms with Crippen molar-refractivity contribution in [2.24, 2.45) is 0 Å². The highest BCUT2D eigenvalue weighted by Crippen LogP contribution is 2.31. The van der Waals surface area contributed by atoms with Crippen LogP contribution in [0.2, 0.25) is 10.0 Å². The fourth-order valence-electron chi connectivity index (χ4n) is 3.30. The summed E-state index contributed by atoms with van der Waals surface area (Å²) in [6.45, 7) is 1.65. The second kappa shape index (κ2) is 7.64. The van der Waals surface area contributed by atoms with E-state index in [2.05, 4.69) is 14.9 Å².